The molecular formula is C13H19NO6S. The van der Waals surface area contributed by atoms with Crippen molar-refractivity contribution in [3.05, 3.63) is 29.8 Å². The number of sulfonamides is 1. The van der Waals surface area contributed by atoms with E-state index in [1.165, 1.54) is 32.0 Å². The number of carbonyl (C=O) groups is 1. The SMILES string of the molecule is C[C@@H](O)CN(C[C@@H](C)O)S(=O)(=O)c1cccc(C(=O)O)c1. The Morgan fingerprint density at radius 1 is 1.19 bits per heavy atom. The minimum Gasteiger partial charge on any atom is -0.478 e. The van der Waals surface area contributed by atoms with Gasteiger partial charge in [-0.25, -0.2) is 13.2 Å². The number of aromatic carboxylic acids is 1. The summed E-state index contributed by atoms with van der Waals surface area (Å²) in [7, 11) is -4.00. The highest BCUT2D eigenvalue weighted by Crippen LogP contribution is 2.18. The number of hydrogen-bond donors (Lipinski definition) is 3. The molecule has 0 aromatic heterocycles. The number of hydrogen-bond acceptors (Lipinski definition) is 5. The molecule has 1 aromatic carbocycles. The third-order valence-electron chi connectivity index (χ3n) is 2.65. The molecule has 0 fully saturated rings. The normalized spacial score (nSPS) is 14.9. The van der Waals surface area contributed by atoms with Crippen LogP contribution >= 0.6 is 0 Å². The molecule has 0 bridgehead atoms. The monoisotopic (exact) mass is 317 g/mol. The molecular weight excluding hydrogens is 298 g/mol. The molecule has 8 heteroatoms. The number of nitrogens with zero attached hydrogens (tertiary/aromatic N) is 1. The second kappa shape index (κ2) is 6.99. The van der Waals surface area contributed by atoms with Crippen LogP contribution in [0.15, 0.2) is 29.2 Å². The first kappa shape index (κ1) is 17.6. The molecule has 0 aliphatic rings. The Balaban J connectivity index is 3.21. The molecule has 7 nitrogen and oxygen atoms in total. The van der Waals surface area contributed by atoms with Crippen LogP contribution in [0, 0.1) is 0 Å². The number of aliphatic hydroxyl groups is 2. The number of carboxylic acids is 1. The van der Waals surface area contributed by atoms with Crippen molar-refractivity contribution in [1.29, 1.82) is 0 Å². The summed E-state index contributed by atoms with van der Waals surface area (Å²) in [6.45, 7) is 2.48. The van der Waals surface area contributed by atoms with Crippen LogP contribution in [-0.4, -0.2) is 59.3 Å². The summed E-state index contributed by atoms with van der Waals surface area (Å²) in [4.78, 5) is 10.7. The third kappa shape index (κ3) is 4.78. The quantitative estimate of drug-likeness (QED) is 0.659. The molecule has 0 aliphatic carbocycles. The molecule has 1 aromatic rings. The van der Waals surface area contributed by atoms with Crippen LogP contribution in [-0.2, 0) is 10.0 Å². The van der Waals surface area contributed by atoms with Crippen molar-refractivity contribution in [3.8, 4) is 0 Å². The summed E-state index contributed by atoms with van der Waals surface area (Å²) >= 11 is 0. The lowest BCUT2D eigenvalue weighted by Crippen LogP contribution is -2.40. The van der Waals surface area contributed by atoms with E-state index in [1.54, 1.807) is 0 Å². The molecule has 0 spiro atoms. The van der Waals surface area contributed by atoms with Gasteiger partial charge in [-0.15, -0.1) is 0 Å². The average Bonchev–Trinajstić information content (AvgIpc) is 2.37. The van der Waals surface area contributed by atoms with Gasteiger partial charge >= 0.3 is 5.97 Å². The lowest BCUT2D eigenvalue weighted by Gasteiger charge is -2.24. The molecule has 0 saturated heterocycles. The lowest BCUT2D eigenvalue weighted by atomic mass is 10.2. The van der Waals surface area contributed by atoms with Gasteiger partial charge in [0.25, 0.3) is 0 Å². The Labute approximate surface area is 123 Å². The summed E-state index contributed by atoms with van der Waals surface area (Å²) in [6.07, 6.45) is -1.83. The molecule has 0 radical (unpaired) electrons. The maximum atomic E-state index is 12.5. The maximum Gasteiger partial charge on any atom is 0.335 e. The molecule has 2 atom stereocenters. The second-order valence-electron chi connectivity index (χ2n) is 4.85. The van der Waals surface area contributed by atoms with Gasteiger partial charge in [0.05, 0.1) is 22.7 Å². The van der Waals surface area contributed by atoms with Gasteiger partial charge in [-0.2, -0.15) is 4.31 Å². The fraction of sp³-hybridized carbons (Fsp3) is 0.462. The molecule has 0 aliphatic heterocycles. The summed E-state index contributed by atoms with van der Waals surface area (Å²) in [5.74, 6) is -1.23. The molecule has 0 saturated carbocycles. The van der Waals surface area contributed by atoms with Crippen molar-refractivity contribution in [2.24, 2.45) is 0 Å². The maximum absolute atomic E-state index is 12.5. The predicted octanol–water partition coefficient (Wildman–Crippen LogP) is 0.137. The van der Waals surface area contributed by atoms with Crippen molar-refractivity contribution in [3.63, 3.8) is 0 Å². The number of carboxylic acid groups (broad SMARTS) is 1. The van der Waals surface area contributed by atoms with E-state index in [1.807, 2.05) is 0 Å². The van der Waals surface area contributed by atoms with Crippen molar-refractivity contribution in [1.82, 2.24) is 4.31 Å². The fourth-order valence-electron chi connectivity index (χ4n) is 1.80. The number of rotatable bonds is 7. The molecule has 118 valence electrons. The van der Waals surface area contributed by atoms with Gasteiger partial charge in [-0.05, 0) is 32.0 Å². The molecule has 3 N–H and O–H groups in total. The Morgan fingerprint density at radius 3 is 2.14 bits per heavy atom. The van der Waals surface area contributed by atoms with Crippen molar-refractivity contribution in [2.75, 3.05) is 13.1 Å². The van der Waals surface area contributed by atoms with Gasteiger partial charge in [-0.1, -0.05) is 6.07 Å². The summed E-state index contributed by atoms with van der Waals surface area (Å²) < 4.78 is 25.9. The zero-order valence-electron chi connectivity index (χ0n) is 11.8. The van der Waals surface area contributed by atoms with Gasteiger partial charge in [0.1, 0.15) is 0 Å². The Bertz CT molecular complexity index is 586. The van der Waals surface area contributed by atoms with Gasteiger partial charge in [-0.3, -0.25) is 0 Å². The highest BCUT2D eigenvalue weighted by atomic mass is 32.2. The summed E-state index contributed by atoms with van der Waals surface area (Å²) in [5, 5.41) is 27.7. The van der Waals surface area contributed by atoms with Crippen LogP contribution in [0.1, 0.15) is 24.2 Å². The first-order valence-electron chi connectivity index (χ1n) is 6.34. The van der Waals surface area contributed by atoms with E-state index in [0.29, 0.717) is 0 Å². The zero-order valence-corrected chi connectivity index (χ0v) is 12.6. The Hall–Kier alpha value is -1.48. The molecule has 21 heavy (non-hydrogen) atoms. The smallest absolute Gasteiger partial charge is 0.335 e. The van der Waals surface area contributed by atoms with Crippen LogP contribution in [0.5, 0.6) is 0 Å². The average molecular weight is 317 g/mol. The fourth-order valence-corrected chi connectivity index (χ4v) is 3.45. The van der Waals surface area contributed by atoms with Crippen molar-refractivity contribution in [2.45, 2.75) is 31.0 Å². The van der Waals surface area contributed by atoms with Crippen LogP contribution in [0.2, 0.25) is 0 Å². The van der Waals surface area contributed by atoms with E-state index in [4.69, 9.17) is 5.11 Å². The van der Waals surface area contributed by atoms with Gasteiger partial charge in [0.15, 0.2) is 0 Å². The highest BCUT2D eigenvalue weighted by Gasteiger charge is 2.27. The minimum absolute atomic E-state index is 0.148. The van der Waals surface area contributed by atoms with Gasteiger partial charge in [0, 0.05) is 13.1 Å². The number of benzene rings is 1. The highest BCUT2D eigenvalue weighted by molar-refractivity contribution is 7.89. The van der Waals surface area contributed by atoms with Crippen molar-refractivity contribution >= 4 is 16.0 Å². The Morgan fingerprint density at radius 2 is 1.71 bits per heavy atom. The van der Waals surface area contributed by atoms with E-state index < -0.39 is 28.2 Å². The van der Waals surface area contributed by atoms with Gasteiger partial charge < -0.3 is 15.3 Å². The third-order valence-corrected chi connectivity index (χ3v) is 4.48. The lowest BCUT2D eigenvalue weighted by molar-refractivity contribution is 0.0696. The van der Waals surface area contributed by atoms with Gasteiger partial charge in [0.2, 0.25) is 10.0 Å². The van der Waals surface area contributed by atoms with E-state index in [9.17, 15) is 23.4 Å². The van der Waals surface area contributed by atoms with E-state index in [0.717, 1.165) is 10.4 Å². The minimum atomic E-state index is -4.00. The molecule has 1 rings (SSSR count). The molecule has 0 unspecified atom stereocenters. The van der Waals surface area contributed by atoms with E-state index in [2.05, 4.69) is 0 Å². The first-order chi connectivity index (χ1) is 9.64. The summed E-state index contributed by atoms with van der Waals surface area (Å²) in [6, 6.07) is 4.95. The van der Waals surface area contributed by atoms with Crippen LogP contribution in [0.25, 0.3) is 0 Å². The van der Waals surface area contributed by atoms with Crippen LogP contribution in [0.3, 0.4) is 0 Å². The standard InChI is InChI=1S/C13H19NO6S/c1-9(15)7-14(8-10(2)16)21(19,20)12-5-3-4-11(6-12)13(17)18/h3-6,9-10,15-16H,7-8H2,1-2H3,(H,17,18)/t9-,10-/m1/s1. The van der Waals surface area contributed by atoms with E-state index in [-0.39, 0.29) is 23.5 Å². The number of aliphatic hydroxyl groups excluding tert-OH is 2. The zero-order chi connectivity index (χ0) is 16.2. The second-order valence-corrected chi connectivity index (χ2v) is 6.79. The summed E-state index contributed by atoms with van der Waals surface area (Å²) in [5.41, 5.74) is -0.148. The predicted molar refractivity (Wildman–Crippen MR) is 75.5 cm³/mol. The largest absolute Gasteiger partial charge is 0.478 e. The Kier molecular flexibility index (Phi) is 5.85. The topological polar surface area (TPSA) is 115 Å². The molecule has 0 heterocycles. The first-order valence-corrected chi connectivity index (χ1v) is 7.78. The molecule has 0 amide bonds. The van der Waals surface area contributed by atoms with E-state index >= 15 is 0 Å². The van der Waals surface area contributed by atoms with Crippen LogP contribution in [0.4, 0.5) is 0 Å². The van der Waals surface area contributed by atoms with Crippen LogP contribution < -0.4 is 0 Å². The van der Waals surface area contributed by atoms with Crippen molar-refractivity contribution < 1.29 is 28.5 Å².